The van der Waals surface area contributed by atoms with Crippen molar-refractivity contribution in [3.05, 3.63) is 95.0 Å². The van der Waals surface area contributed by atoms with Crippen molar-refractivity contribution in [3.8, 4) is 5.75 Å². The molecule has 0 unspecified atom stereocenters. The van der Waals surface area contributed by atoms with E-state index in [1.54, 1.807) is 86.0 Å². The Balaban J connectivity index is 2.18. The summed E-state index contributed by atoms with van der Waals surface area (Å²) in [7, 11) is -2.14. The van der Waals surface area contributed by atoms with Crippen molar-refractivity contribution in [3.63, 3.8) is 0 Å². The van der Waals surface area contributed by atoms with E-state index in [0.29, 0.717) is 21.9 Å². The first-order valence-corrected chi connectivity index (χ1v) is 9.78. The van der Waals surface area contributed by atoms with E-state index in [1.165, 1.54) is 0 Å². The highest BCUT2D eigenvalue weighted by Crippen LogP contribution is 2.31. The molecule has 132 valence electrons. The zero-order valence-corrected chi connectivity index (χ0v) is 15.7. The lowest BCUT2D eigenvalue weighted by Gasteiger charge is -2.11. The lowest BCUT2D eigenvalue weighted by atomic mass is 10.1. The van der Waals surface area contributed by atoms with Crippen LogP contribution in [0.1, 0.15) is 11.1 Å². The van der Waals surface area contributed by atoms with Crippen LogP contribution in [-0.4, -0.2) is 15.5 Å². The number of ether oxygens (including phenoxy) is 1. The molecule has 0 aromatic heterocycles. The van der Waals surface area contributed by atoms with Gasteiger partial charge in [0, 0.05) is 5.02 Å². The molecule has 0 saturated carbocycles. The molecule has 0 aliphatic rings. The third kappa shape index (κ3) is 3.98. The van der Waals surface area contributed by atoms with Crippen molar-refractivity contribution >= 4 is 32.4 Å². The molecule has 3 aromatic carbocycles. The number of sulfone groups is 1. The summed E-state index contributed by atoms with van der Waals surface area (Å²) in [4.78, 5) is 0.442. The third-order valence-electron chi connectivity index (χ3n) is 3.86. The van der Waals surface area contributed by atoms with Crippen LogP contribution in [0.4, 0.5) is 0 Å². The van der Waals surface area contributed by atoms with Crippen LogP contribution in [0.2, 0.25) is 5.02 Å². The largest absolute Gasteiger partial charge is 0.497 e. The topological polar surface area (TPSA) is 43.4 Å². The summed E-state index contributed by atoms with van der Waals surface area (Å²) in [5.41, 5.74) is 1.29. The predicted molar refractivity (Wildman–Crippen MR) is 106 cm³/mol. The average molecular weight is 385 g/mol. The van der Waals surface area contributed by atoms with Crippen molar-refractivity contribution in [2.45, 2.75) is 4.90 Å². The second kappa shape index (κ2) is 7.77. The average Bonchev–Trinajstić information content (AvgIpc) is 2.67. The second-order valence-corrected chi connectivity index (χ2v) is 7.96. The molecule has 3 aromatic rings. The first kappa shape index (κ1) is 18.2. The van der Waals surface area contributed by atoms with Gasteiger partial charge in [-0.3, -0.25) is 0 Å². The number of hydrogen-bond acceptors (Lipinski definition) is 3. The van der Waals surface area contributed by atoms with Crippen LogP contribution in [0, 0.1) is 0 Å². The van der Waals surface area contributed by atoms with Gasteiger partial charge in [-0.25, -0.2) is 8.42 Å². The molecule has 0 aliphatic carbocycles. The first-order chi connectivity index (χ1) is 12.5. The molecule has 0 N–H and O–H groups in total. The lowest BCUT2D eigenvalue weighted by Crippen LogP contribution is -2.04. The summed E-state index contributed by atoms with van der Waals surface area (Å²) < 4.78 is 31.7. The van der Waals surface area contributed by atoms with E-state index in [0.717, 1.165) is 0 Å². The standard InChI is InChI=1S/C21H17ClO3S/c1-25-19-12-10-17(11-13-19)21(15-16-6-5-7-18(22)14-16)26(23,24)20-8-3-2-4-9-20/h2-15H,1H3/b21-15+. The van der Waals surface area contributed by atoms with Crippen LogP contribution >= 0.6 is 11.6 Å². The zero-order chi connectivity index (χ0) is 18.6. The van der Waals surface area contributed by atoms with Gasteiger partial charge in [0.25, 0.3) is 0 Å². The van der Waals surface area contributed by atoms with E-state index < -0.39 is 9.84 Å². The molecule has 5 heteroatoms. The van der Waals surface area contributed by atoms with Gasteiger partial charge in [0.1, 0.15) is 5.75 Å². The highest BCUT2D eigenvalue weighted by atomic mass is 35.5. The normalized spacial score (nSPS) is 12.0. The van der Waals surface area contributed by atoms with Gasteiger partial charge in [0.2, 0.25) is 9.84 Å². The van der Waals surface area contributed by atoms with Crippen LogP contribution in [0.25, 0.3) is 11.0 Å². The van der Waals surface area contributed by atoms with E-state index in [2.05, 4.69) is 0 Å². The van der Waals surface area contributed by atoms with Gasteiger partial charge in [0.05, 0.1) is 16.9 Å². The fourth-order valence-electron chi connectivity index (χ4n) is 2.55. The Morgan fingerprint density at radius 2 is 1.62 bits per heavy atom. The van der Waals surface area contributed by atoms with E-state index in [9.17, 15) is 8.42 Å². The summed E-state index contributed by atoms with van der Waals surface area (Å²) in [5.74, 6) is 0.660. The minimum atomic E-state index is -3.71. The molecule has 3 rings (SSSR count). The van der Waals surface area contributed by atoms with Crippen molar-refractivity contribution in [2.75, 3.05) is 7.11 Å². The maximum Gasteiger partial charge on any atom is 0.207 e. The van der Waals surface area contributed by atoms with Gasteiger partial charge < -0.3 is 4.74 Å². The molecular formula is C21H17ClO3S. The molecule has 0 saturated heterocycles. The van der Waals surface area contributed by atoms with Gasteiger partial charge >= 0.3 is 0 Å². The van der Waals surface area contributed by atoms with E-state index in [1.807, 2.05) is 6.07 Å². The smallest absolute Gasteiger partial charge is 0.207 e. The Hall–Kier alpha value is -2.56. The van der Waals surface area contributed by atoms with Crippen molar-refractivity contribution in [2.24, 2.45) is 0 Å². The van der Waals surface area contributed by atoms with E-state index in [-0.39, 0.29) is 9.80 Å². The van der Waals surface area contributed by atoms with Gasteiger partial charge in [-0.15, -0.1) is 0 Å². The first-order valence-electron chi connectivity index (χ1n) is 7.92. The van der Waals surface area contributed by atoms with Crippen LogP contribution < -0.4 is 4.74 Å². The number of hydrogen-bond donors (Lipinski definition) is 0. The zero-order valence-electron chi connectivity index (χ0n) is 14.1. The summed E-state index contributed by atoms with van der Waals surface area (Å²) in [6, 6.07) is 22.4. The Bertz CT molecular complexity index is 1020. The summed E-state index contributed by atoms with van der Waals surface area (Å²) in [5, 5.41) is 0.546. The second-order valence-electron chi connectivity index (χ2n) is 5.61. The third-order valence-corrected chi connectivity index (χ3v) is 5.92. The van der Waals surface area contributed by atoms with E-state index in [4.69, 9.17) is 16.3 Å². The molecule has 0 heterocycles. The number of methoxy groups -OCH3 is 1. The Labute approximate surface area is 158 Å². The van der Waals surface area contributed by atoms with Crippen LogP contribution in [-0.2, 0) is 9.84 Å². The lowest BCUT2D eigenvalue weighted by molar-refractivity contribution is 0.415. The van der Waals surface area contributed by atoms with Crippen LogP contribution in [0.5, 0.6) is 5.75 Å². The highest BCUT2D eigenvalue weighted by molar-refractivity contribution is 8.00. The monoisotopic (exact) mass is 384 g/mol. The molecule has 0 spiro atoms. The van der Waals surface area contributed by atoms with Gasteiger partial charge in [-0.2, -0.15) is 0 Å². The molecule has 0 atom stereocenters. The van der Waals surface area contributed by atoms with Crippen LogP contribution in [0.3, 0.4) is 0 Å². The Kier molecular flexibility index (Phi) is 5.45. The SMILES string of the molecule is COc1ccc(/C(=C\c2cccc(Cl)c2)S(=O)(=O)c2ccccc2)cc1. The molecule has 3 nitrogen and oxygen atoms in total. The molecule has 26 heavy (non-hydrogen) atoms. The fourth-order valence-corrected chi connectivity index (χ4v) is 4.25. The summed E-state index contributed by atoms with van der Waals surface area (Å²) in [6.07, 6.45) is 1.63. The Morgan fingerprint density at radius 3 is 2.23 bits per heavy atom. The fraction of sp³-hybridized carbons (Fsp3) is 0.0476. The minimum absolute atomic E-state index is 0.202. The van der Waals surface area contributed by atoms with Gasteiger partial charge in [0.15, 0.2) is 0 Å². The molecule has 0 bridgehead atoms. The maximum atomic E-state index is 13.2. The van der Waals surface area contributed by atoms with Gasteiger partial charge in [-0.05, 0) is 65.7 Å². The molecule has 0 amide bonds. The van der Waals surface area contributed by atoms with Gasteiger partial charge in [-0.1, -0.05) is 41.9 Å². The predicted octanol–water partition coefficient (Wildman–Crippen LogP) is 5.32. The number of benzene rings is 3. The molecule has 0 radical (unpaired) electrons. The maximum absolute atomic E-state index is 13.2. The molecule has 0 fully saturated rings. The van der Waals surface area contributed by atoms with Crippen molar-refractivity contribution < 1.29 is 13.2 Å². The quantitative estimate of drug-likeness (QED) is 0.559. The van der Waals surface area contributed by atoms with Crippen molar-refractivity contribution in [1.82, 2.24) is 0 Å². The molecular weight excluding hydrogens is 368 g/mol. The van der Waals surface area contributed by atoms with Crippen molar-refractivity contribution in [1.29, 1.82) is 0 Å². The molecule has 0 aliphatic heterocycles. The highest BCUT2D eigenvalue weighted by Gasteiger charge is 2.22. The van der Waals surface area contributed by atoms with E-state index >= 15 is 0 Å². The Morgan fingerprint density at radius 1 is 0.923 bits per heavy atom. The summed E-state index contributed by atoms with van der Waals surface area (Å²) >= 11 is 6.05. The number of halogens is 1. The summed E-state index contributed by atoms with van der Waals surface area (Å²) in [6.45, 7) is 0. The van der Waals surface area contributed by atoms with Crippen LogP contribution in [0.15, 0.2) is 83.8 Å². The minimum Gasteiger partial charge on any atom is -0.497 e. The number of rotatable bonds is 5.